The van der Waals surface area contributed by atoms with Gasteiger partial charge < -0.3 is 30.0 Å². The first kappa shape index (κ1) is 12.5. The fourth-order valence-electron chi connectivity index (χ4n) is 0.748. The van der Waals surface area contributed by atoms with Crippen LogP contribution in [0, 0.1) is 7.11 Å². The van der Waals surface area contributed by atoms with Gasteiger partial charge in [-0.2, -0.15) is 0 Å². The second kappa shape index (κ2) is 6.01. The molecule has 0 saturated carbocycles. The third-order valence-corrected chi connectivity index (χ3v) is 1.59. The Kier molecular flexibility index (Phi) is 5.76. The van der Waals surface area contributed by atoms with Gasteiger partial charge in [0.15, 0.2) is 6.29 Å². The highest BCUT2D eigenvalue weighted by Gasteiger charge is 2.30. The van der Waals surface area contributed by atoms with Crippen molar-refractivity contribution in [3.05, 3.63) is 7.11 Å². The molecule has 0 saturated heterocycles. The van der Waals surface area contributed by atoms with Crippen molar-refractivity contribution in [1.29, 1.82) is 0 Å². The SMILES string of the molecule is [CH2]O[C@@H](C=O)[C@@H](O)[C@H](O)[C@H](O)CO. The lowest BCUT2D eigenvalue weighted by Gasteiger charge is -2.24. The quantitative estimate of drug-likeness (QED) is 0.346. The third kappa shape index (κ3) is 3.37. The maximum absolute atomic E-state index is 10.2. The molecule has 0 rings (SSSR count). The molecule has 13 heavy (non-hydrogen) atoms. The minimum Gasteiger partial charge on any atom is -0.394 e. The molecule has 6 heteroatoms. The zero-order chi connectivity index (χ0) is 10.4. The van der Waals surface area contributed by atoms with Crippen LogP contribution < -0.4 is 0 Å². The van der Waals surface area contributed by atoms with Gasteiger partial charge in [-0.05, 0) is 0 Å². The lowest BCUT2D eigenvalue weighted by atomic mass is 10.0. The lowest BCUT2D eigenvalue weighted by Crippen LogP contribution is -2.46. The first-order valence-electron chi connectivity index (χ1n) is 3.59. The van der Waals surface area contributed by atoms with Crippen molar-refractivity contribution in [2.45, 2.75) is 24.4 Å². The summed E-state index contributed by atoms with van der Waals surface area (Å²) in [7, 11) is 2.90. The van der Waals surface area contributed by atoms with Crippen LogP contribution in [0.4, 0.5) is 0 Å². The number of aliphatic hydroxyl groups excluding tert-OH is 4. The highest BCUT2D eigenvalue weighted by molar-refractivity contribution is 5.57. The Morgan fingerprint density at radius 2 is 1.85 bits per heavy atom. The molecule has 6 nitrogen and oxygen atoms in total. The number of rotatable bonds is 6. The number of ether oxygens (including phenoxy) is 1. The molecule has 1 radical (unpaired) electrons. The van der Waals surface area contributed by atoms with E-state index in [2.05, 4.69) is 11.8 Å². The summed E-state index contributed by atoms with van der Waals surface area (Å²) >= 11 is 0. The number of aliphatic hydroxyl groups is 4. The van der Waals surface area contributed by atoms with Crippen LogP contribution in [0.3, 0.4) is 0 Å². The van der Waals surface area contributed by atoms with Crippen LogP contribution in [0.5, 0.6) is 0 Å². The van der Waals surface area contributed by atoms with Crippen LogP contribution in [0.25, 0.3) is 0 Å². The number of carbonyl (C=O) groups excluding carboxylic acids is 1. The Bertz CT molecular complexity index is 150. The van der Waals surface area contributed by atoms with Gasteiger partial charge in [-0.3, -0.25) is 0 Å². The van der Waals surface area contributed by atoms with E-state index >= 15 is 0 Å². The highest BCUT2D eigenvalue weighted by Crippen LogP contribution is 2.05. The predicted octanol–water partition coefficient (Wildman–Crippen LogP) is -2.56. The van der Waals surface area contributed by atoms with Crippen LogP contribution in [0.1, 0.15) is 0 Å². The van der Waals surface area contributed by atoms with Gasteiger partial charge in [-0.25, -0.2) is 0 Å². The zero-order valence-electron chi connectivity index (χ0n) is 6.91. The van der Waals surface area contributed by atoms with Gasteiger partial charge in [0.2, 0.25) is 0 Å². The second-order valence-corrected chi connectivity index (χ2v) is 2.50. The van der Waals surface area contributed by atoms with Gasteiger partial charge in [0.1, 0.15) is 24.4 Å². The van der Waals surface area contributed by atoms with Gasteiger partial charge >= 0.3 is 0 Å². The topological polar surface area (TPSA) is 107 Å². The fourth-order valence-corrected chi connectivity index (χ4v) is 0.748. The van der Waals surface area contributed by atoms with E-state index in [1.54, 1.807) is 0 Å². The van der Waals surface area contributed by atoms with Crippen LogP contribution in [0.2, 0.25) is 0 Å². The molecule has 0 spiro atoms. The van der Waals surface area contributed by atoms with Crippen molar-refractivity contribution >= 4 is 6.29 Å². The summed E-state index contributed by atoms with van der Waals surface area (Å²) in [5.41, 5.74) is 0. The van der Waals surface area contributed by atoms with Gasteiger partial charge in [0, 0.05) is 0 Å². The smallest absolute Gasteiger partial charge is 0.151 e. The molecule has 0 aromatic rings. The molecule has 0 heterocycles. The van der Waals surface area contributed by atoms with E-state index in [1.807, 2.05) is 0 Å². The molecule has 4 atom stereocenters. The molecule has 77 valence electrons. The molecular weight excluding hydrogens is 180 g/mol. The number of hydrogen-bond donors (Lipinski definition) is 4. The molecular formula is C7H13O6. The predicted molar refractivity (Wildman–Crippen MR) is 41.4 cm³/mol. The Labute approximate surface area is 75.4 Å². The maximum Gasteiger partial charge on any atom is 0.151 e. The number of aldehydes is 1. The van der Waals surface area contributed by atoms with Crippen molar-refractivity contribution in [3.8, 4) is 0 Å². The van der Waals surface area contributed by atoms with Crippen molar-refractivity contribution in [2.75, 3.05) is 6.61 Å². The largest absolute Gasteiger partial charge is 0.394 e. The summed E-state index contributed by atoms with van der Waals surface area (Å²) < 4.78 is 4.26. The summed E-state index contributed by atoms with van der Waals surface area (Å²) in [6.45, 7) is -0.721. The maximum atomic E-state index is 10.2. The van der Waals surface area contributed by atoms with E-state index < -0.39 is 31.0 Å². The second-order valence-electron chi connectivity index (χ2n) is 2.50. The van der Waals surface area contributed by atoms with E-state index in [0.717, 1.165) is 0 Å². The van der Waals surface area contributed by atoms with Gasteiger partial charge in [0.25, 0.3) is 0 Å². The van der Waals surface area contributed by atoms with E-state index in [1.165, 1.54) is 0 Å². The summed E-state index contributed by atoms with van der Waals surface area (Å²) in [5, 5.41) is 35.6. The van der Waals surface area contributed by atoms with Crippen LogP contribution >= 0.6 is 0 Å². The lowest BCUT2D eigenvalue weighted by molar-refractivity contribution is -0.138. The Balaban J connectivity index is 4.21. The minimum atomic E-state index is -1.65. The average Bonchev–Trinajstić information content (AvgIpc) is 2.17. The van der Waals surface area contributed by atoms with Gasteiger partial charge in [0.05, 0.1) is 13.7 Å². The Morgan fingerprint density at radius 3 is 2.15 bits per heavy atom. The average molecular weight is 193 g/mol. The molecule has 0 amide bonds. The van der Waals surface area contributed by atoms with Crippen molar-refractivity contribution in [1.82, 2.24) is 0 Å². The van der Waals surface area contributed by atoms with E-state index in [-0.39, 0.29) is 6.29 Å². The highest BCUT2D eigenvalue weighted by atomic mass is 16.5. The summed E-state index contributed by atoms with van der Waals surface area (Å²) in [4.78, 5) is 10.2. The molecule has 0 fully saturated rings. The molecule has 0 aliphatic rings. The molecule has 0 aliphatic carbocycles. The van der Waals surface area contributed by atoms with Crippen LogP contribution in [0.15, 0.2) is 0 Å². The van der Waals surface area contributed by atoms with Crippen LogP contribution in [-0.2, 0) is 9.53 Å². The zero-order valence-corrected chi connectivity index (χ0v) is 6.91. The Hall–Kier alpha value is -0.530. The fraction of sp³-hybridized carbons (Fsp3) is 0.714. The van der Waals surface area contributed by atoms with E-state index in [4.69, 9.17) is 20.4 Å². The molecule has 0 unspecified atom stereocenters. The molecule has 0 aliphatic heterocycles. The first-order chi connectivity index (χ1) is 6.08. The first-order valence-corrected chi connectivity index (χ1v) is 3.59. The van der Waals surface area contributed by atoms with E-state index in [0.29, 0.717) is 0 Å². The van der Waals surface area contributed by atoms with Gasteiger partial charge in [-0.15, -0.1) is 0 Å². The molecule has 4 N–H and O–H groups in total. The monoisotopic (exact) mass is 193 g/mol. The van der Waals surface area contributed by atoms with Crippen molar-refractivity contribution in [3.63, 3.8) is 0 Å². The minimum absolute atomic E-state index is 0.241. The van der Waals surface area contributed by atoms with Crippen molar-refractivity contribution < 1.29 is 30.0 Å². The van der Waals surface area contributed by atoms with Crippen LogP contribution in [-0.4, -0.2) is 57.7 Å². The molecule has 0 aromatic carbocycles. The molecule has 0 bridgehead atoms. The summed E-state index contributed by atoms with van der Waals surface area (Å²) in [6.07, 6.45) is -5.87. The molecule has 0 aromatic heterocycles. The van der Waals surface area contributed by atoms with E-state index in [9.17, 15) is 4.79 Å². The summed E-state index contributed by atoms with van der Waals surface area (Å²) in [5.74, 6) is 0. The van der Waals surface area contributed by atoms with Gasteiger partial charge in [-0.1, -0.05) is 0 Å². The normalized spacial score (nSPS) is 20.4. The Morgan fingerprint density at radius 1 is 1.31 bits per heavy atom. The number of hydrogen-bond acceptors (Lipinski definition) is 6. The third-order valence-electron chi connectivity index (χ3n) is 1.59. The standard InChI is InChI=1S/C7H13O6/c1-13-5(3-9)7(12)6(11)4(10)2-8/h3-8,10-12H,1-2H2/t4-,5+,6-,7-/m1/s1. The van der Waals surface area contributed by atoms with Crippen molar-refractivity contribution in [2.24, 2.45) is 0 Å². The summed E-state index contributed by atoms with van der Waals surface area (Å²) in [6, 6.07) is 0. The number of carbonyl (C=O) groups is 1.